The maximum absolute atomic E-state index is 13.0. The van der Waals surface area contributed by atoms with Crippen LogP contribution >= 0.6 is 0 Å². The number of benzene rings is 1. The molecule has 3 rings (SSSR count). The summed E-state index contributed by atoms with van der Waals surface area (Å²) in [6, 6.07) is 7.05. The third kappa shape index (κ3) is 4.42. The van der Waals surface area contributed by atoms with Crippen LogP contribution in [-0.4, -0.2) is 61.3 Å². The molecule has 0 bridgehead atoms. The summed E-state index contributed by atoms with van der Waals surface area (Å²) >= 11 is 0. The highest BCUT2D eigenvalue weighted by Crippen LogP contribution is 2.30. The van der Waals surface area contributed by atoms with Crippen molar-refractivity contribution in [1.82, 2.24) is 15.1 Å². The second-order valence-electron chi connectivity index (χ2n) is 7.72. The highest BCUT2D eigenvalue weighted by molar-refractivity contribution is 6.07. The lowest BCUT2D eigenvalue weighted by molar-refractivity contribution is -0.133. The molecule has 0 aliphatic carbocycles. The highest BCUT2D eigenvalue weighted by Gasteiger charge is 2.49. The predicted molar refractivity (Wildman–Crippen MR) is 101 cm³/mol. The van der Waals surface area contributed by atoms with Crippen molar-refractivity contribution in [3.05, 3.63) is 29.8 Å². The molecule has 0 radical (unpaired) electrons. The van der Waals surface area contributed by atoms with Gasteiger partial charge in [-0.3, -0.25) is 9.69 Å². The summed E-state index contributed by atoms with van der Waals surface area (Å²) in [4.78, 5) is 28.8. The molecular weight excluding hydrogens is 346 g/mol. The number of nitrogens with one attached hydrogen (secondary N) is 1. The fourth-order valence-electron chi connectivity index (χ4n) is 3.26. The molecule has 2 aliphatic heterocycles. The minimum Gasteiger partial charge on any atom is -0.494 e. The molecule has 1 N–H and O–H groups in total. The summed E-state index contributed by atoms with van der Waals surface area (Å²) in [5.74, 6) is 1.13. The van der Waals surface area contributed by atoms with Crippen molar-refractivity contribution < 1.29 is 19.1 Å². The molecule has 3 amide bonds. The number of hydrogen-bond donors (Lipinski definition) is 1. The number of urea groups is 1. The number of imide groups is 1. The van der Waals surface area contributed by atoms with Crippen LogP contribution in [-0.2, 0) is 15.1 Å². The lowest BCUT2D eigenvalue weighted by Gasteiger charge is -2.30. The molecule has 7 heteroatoms. The maximum Gasteiger partial charge on any atom is 0.326 e. The third-order valence-corrected chi connectivity index (χ3v) is 5.12. The average molecular weight is 375 g/mol. The summed E-state index contributed by atoms with van der Waals surface area (Å²) in [5, 5.41) is 2.85. The van der Waals surface area contributed by atoms with Crippen LogP contribution in [0.3, 0.4) is 0 Å². The quantitative estimate of drug-likeness (QED) is 0.740. The first-order valence-electron chi connectivity index (χ1n) is 9.57. The normalized spacial score (nSPS) is 23.8. The Labute approximate surface area is 160 Å². The molecule has 0 unspecified atom stereocenters. The molecule has 1 atom stereocenters. The van der Waals surface area contributed by atoms with Gasteiger partial charge in [0.25, 0.3) is 5.91 Å². The number of rotatable bonds is 7. The summed E-state index contributed by atoms with van der Waals surface area (Å²) in [7, 11) is 0. The molecule has 2 aliphatic rings. The summed E-state index contributed by atoms with van der Waals surface area (Å²) in [6.45, 7) is 9.71. The van der Waals surface area contributed by atoms with E-state index in [0.29, 0.717) is 32.4 Å². The third-order valence-electron chi connectivity index (χ3n) is 5.12. The Morgan fingerprint density at radius 3 is 2.48 bits per heavy atom. The Balaban J connectivity index is 1.66. The Bertz CT molecular complexity index is 670. The van der Waals surface area contributed by atoms with Gasteiger partial charge >= 0.3 is 6.03 Å². The topological polar surface area (TPSA) is 71.1 Å². The van der Waals surface area contributed by atoms with Gasteiger partial charge in [0.05, 0.1) is 26.5 Å². The second kappa shape index (κ2) is 8.27. The van der Waals surface area contributed by atoms with E-state index in [1.807, 2.05) is 24.3 Å². The largest absolute Gasteiger partial charge is 0.494 e. The van der Waals surface area contributed by atoms with Gasteiger partial charge in [-0.05, 0) is 37.0 Å². The minimum atomic E-state index is -1.06. The van der Waals surface area contributed by atoms with Crippen LogP contribution in [0, 0.1) is 5.92 Å². The van der Waals surface area contributed by atoms with Gasteiger partial charge in [0.1, 0.15) is 11.3 Å². The molecule has 1 aromatic carbocycles. The number of carbonyl (C=O) groups is 2. The second-order valence-corrected chi connectivity index (χ2v) is 7.72. The molecule has 0 spiro atoms. The first kappa shape index (κ1) is 19.6. The van der Waals surface area contributed by atoms with E-state index < -0.39 is 5.54 Å². The van der Waals surface area contributed by atoms with Crippen LogP contribution in [0.25, 0.3) is 0 Å². The van der Waals surface area contributed by atoms with Crippen molar-refractivity contribution in [2.24, 2.45) is 5.92 Å². The molecule has 7 nitrogen and oxygen atoms in total. The van der Waals surface area contributed by atoms with E-state index in [-0.39, 0.29) is 11.9 Å². The molecule has 0 saturated carbocycles. The number of amides is 3. The molecule has 27 heavy (non-hydrogen) atoms. The van der Waals surface area contributed by atoms with Gasteiger partial charge < -0.3 is 14.8 Å². The van der Waals surface area contributed by atoms with Crippen molar-refractivity contribution in [3.63, 3.8) is 0 Å². The molecule has 0 aromatic heterocycles. The maximum atomic E-state index is 13.0. The monoisotopic (exact) mass is 375 g/mol. The van der Waals surface area contributed by atoms with Crippen molar-refractivity contribution in [2.75, 3.05) is 39.6 Å². The van der Waals surface area contributed by atoms with Gasteiger partial charge in [-0.1, -0.05) is 26.0 Å². The van der Waals surface area contributed by atoms with E-state index in [9.17, 15) is 9.59 Å². The van der Waals surface area contributed by atoms with E-state index in [0.717, 1.165) is 30.8 Å². The van der Waals surface area contributed by atoms with Crippen LogP contribution < -0.4 is 10.1 Å². The fourth-order valence-corrected chi connectivity index (χ4v) is 3.26. The highest BCUT2D eigenvalue weighted by atomic mass is 16.5. The van der Waals surface area contributed by atoms with Gasteiger partial charge in [-0.2, -0.15) is 0 Å². The zero-order valence-corrected chi connectivity index (χ0v) is 16.4. The first-order valence-corrected chi connectivity index (χ1v) is 9.57. The van der Waals surface area contributed by atoms with Crippen LogP contribution in [0.4, 0.5) is 4.79 Å². The Morgan fingerprint density at radius 2 is 1.85 bits per heavy atom. The minimum absolute atomic E-state index is 0.229. The van der Waals surface area contributed by atoms with Crippen LogP contribution in [0.1, 0.15) is 32.8 Å². The fraction of sp³-hybridized carbons (Fsp3) is 0.600. The van der Waals surface area contributed by atoms with Crippen molar-refractivity contribution >= 4 is 11.9 Å². The molecule has 2 fully saturated rings. The smallest absolute Gasteiger partial charge is 0.326 e. The Morgan fingerprint density at radius 1 is 1.19 bits per heavy atom. The number of ether oxygens (including phenoxy) is 2. The summed E-state index contributed by atoms with van der Waals surface area (Å²) in [5.41, 5.74) is -0.304. The van der Waals surface area contributed by atoms with Crippen molar-refractivity contribution in [1.29, 1.82) is 0 Å². The van der Waals surface area contributed by atoms with E-state index in [4.69, 9.17) is 9.47 Å². The Hall–Kier alpha value is -2.12. The predicted octanol–water partition coefficient (Wildman–Crippen LogP) is 2.17. The standard InChI is InChI=1S/C20H29N3O4/c1-15(2)8-11-27-17-6-4-16(5-7-17)20(3)18(24)23(19(25)21-20)14-22-9-12-26-13-10-22/h4-7,15H,8-14H2,1-3H3,(H,21,25)/t20-/m1/s1. The van der Waals surface area contributed by atoms with Crippen LogP contribution in [0.2, 0.25) is 0 Å². The number of hydrogen-bond acceptors (Lipinski definition) is 5. The average Bonchev–Trinajstić information content (AvgIpc) is 2.87. The zero-order chi connectivity index (χ0) is 19.4. The van der Waals surface area contributed by atoms with Gasteiger partial charge in [-0.25, -0.2) is 9.69 Å². The van der Waals surface area contributed by atoms with Gasteiger partial charge in [0, 0.05) is 13.1 Å². The van der Waals surface area contributed by atoms with Crippen molar-refractivity contribution in [2.45, 2.75) is 32.7 Å². The van der Waals surface area contributed by atoms with Gasteiger partial charge in [-0.15, -0.1) is 0 Å². The SMILES string of the molecule is CC(C)CCOc1ccc([C@@]2(C)NC(=O)N(CN3CCOCC3)C2=O)cc1. The van der Waals surface area contributed by atoms with Gasteiger partial charge in [0.2, 0.25) is 0 Å². The van der Waals surface area contributed by atoms with Crippen molar-refractivity contribution in [3.8, 4) is 5.75 Å². The molecule has 2 heterocycles. The van der Waals surface area contributed by atoms with Crippen LogP contribution in [0.15, 0.2) is 24.3 Å². The zero-order valence-electron chi connectivity index (χ0n) is 16.4. The van der Waals surface area contributed by atoms with Crippen LogP contribution in [0.5, 0.6) is 5.75 Å². The number of morpholine rings is 1. The van der Waals surface area contributed by atoms with E-state index in [1.165, 1.54) is 4.90 Å². The Kier molecular flexibility index (Phi) is 6.01. The molecule has 1 aromatic rings. The van der Waals surface area contributed by atoms with E-state index in [2.05, 4.69) is 24.1 Å². The number of carbonyl (C=O) groups excluding carboxylic acids is 2. The summed E-state index contributed by atoms with van der Waals surface area (Å²) < 4.78 is 11.1. The summed E-state index contributed by atoms with van der Waals surface area (Å²) in [6.07, 6.45) is 0.991. The van der Waals surface area contributed by atoms with E-state index >= 15 is 0 Å². The lowest BCUT2D eigenvalue weighted by atomic mass is 9.92. The molecule has 148 valence electrons. The first-order chi connectivity index (χ1) is 12.9. The van der Waals surface area contributed by atoms with Gasteiger partial charge in [0.15, 0.2) is 0 Å². The molecule has 2 saturated heterocycles. The number of nitrogens with zero attached hydrogens (tertiary/aromatic N) is 2. The molecular formula is C20H29N3O4. The van der Waals surface area contributed by atoms with E-state index in [1.54, 1.807) is 6.92 Å². The lowest BCUT2D eigenvalue weighted by Crippen LogP contribution is -2.47.